The second-order valence-corrected chi connectivity index (χ2v) is 5.30. The third-order valence-corrected chi connectivity index (χ3v) is 3.63. The number of hydrogen-bond donors (Lipinski definition) is 1. The lowest BCUT2D eigenvalue weighted by molar-refractivity contribution is 0.455. The number of imidazole rings is 1. The molecule has 0 bridgehead atoms. The van der Waals surface area contributed by atoms with Gasteiger partial charge in [-0.3, -0.25) is 0 Å². The van der Waals surface area contributed by atoms with E-state index in [9.17, 15) is 0 Å². The van der Waals surface area contributed by atoms with Gasteiger partial charge in [-0.1, -0.05) is 30.3 Å². The number of aromatic nitrogens is 5. The molecule has 2 aromatic carbocycles. The van der Waals surface area contributed by atoms with Crippen LogP contribution >= 0.6 is 0 Å². The van der Waals surface area contributed by atoms with Gasteiger partial charge in [0.15, 0.2) is 0 Å². The number of hydrogen-bond acceptors (Lipinski definition) is 6. The molecule has 0 aliphatic heterocycles. The summed E-state index contributed by atoms with van der Waals surface area (Å²) < 4.78 is 7.84. The molecule has 0 atom stereocenters. The van der Waals surface area contributed by atoms with E-state index in [1.54, 1.807) is 6.33 Å². The van der Waals surface area contributed by atoms with Crippen molar-refractivity contribution in [1.82, 2.24) is 24.7 Å². The second-order valence-electron chi connectivity index (χ2n) is 5.30. The zero-order valence-electron chi connectivity index (χ0n) is 12.9. The molecule has 2 N–H and O–H groups in total. The fourth-order valence-corrected chi connectivity index (χ4v) is 2.47. The van der Waals surface area contributed by atoms with E-state index >= 15 is 0 Å². The standard InChI is InChI=1S/C17H14N6O/c1-23-10-19-13-9-12(7-8-14(13)23)24-16-15(20-17(18)22-21-16)11-5-3-2-4-6-11/h2-10H,1H3,(H2,18,20,22). The van der Waals surface area contributed by atoms with Crippen molar-refractivity contribution in [2.75, 3.05) is 5.73 Å². The van der Waals surface area contributed by atoms with Gasteiger partial charge < -0.3 is 15.0 Å². The molecule has 0 aliphatic carbocycles. The van der Waals surface area contributed by atoms with Gasteiger partial charge >= 0.3 is 0 Å². The summed E-state index contributed by atoms with van der Waals surface area (Å²) in [5.74, 6) is 1.01. The van der Waals surface area contributed by atoms with Crippen molar-refractivity contribution < 1.29 is 4.74 Å². The molecule has 0 aliphatic rings. The molecular weight excluding hydrogens is 304 g/mol. The molecule has 0 fully saturated rings. The van der Waals surface area contributed by atoms with Crippen molar-refractivity contribution in [2.24, 2.45) is 7.05 Å². The van der Waals surface area contributed by atoms with Crippen LogP contribution in [0.1, 0.15) is 0 Å². The first-order chi connectivity index (χ1) is 11.7. The molecule has 0 radical (unpaired) electrons. The topological polar surface area (TPSA) is 91.7 Å². The monoisotopic (exact) mass is 318 g/mol. The summed E-state index contributed by atoms with van der Waals surface area (Å²) in [6.45, 7) is 0. The van der Waals surface area contributed by atoms with E-state index in [0.29, 0.717) is 17.3 Å². The number of aryl methyl sites for hydroxylation is 1. The minimum absolute atomic E-state index is 0.0985. The molecular formula is C17H14N6O. The summed E-state index contributed by atoms with van der Waals surface area (Å²) in [6, 6.07) is 15.2. The van der Waals surface area contributed by atoms with E-state index in [1.165, 1.54) is 0 Å². The Morgan fingerprint density at radius 2 is 1.88 bits per heavy atom. The average molecular weight is 318 g/mol. The van der Waals surface area contributed by atoms with Crippen molar-refractivity contribution >= 4 is 17.0 Å². The van der Waals surface area contributed by atoms with Crippen LogP contribution in [0.15, 0.2) is 54.9 Å². The minimum atomic E-state index is 0.0985. The maximum Gasteiger partial charge on any atom is 0.265 e. The lowest BCUT2D eigenvalue weighted by atomic mass is 10.1. The normalized spacial score (nSPS) is 10.9. The molecule has 0 amide bonds. The maximum atomic E-state index is 5.90. The van der Waals surface area contributed by atoms with Crippen molar-refractivity contribution in [3.05, 3.63) is 54.9 Å². The van der Waals surface area contributed by atoms with Crippen molar-refractivity contribution in [3.63, 3.8) is 0 Å². The van der Waals surface area contributed by atoms with Crippen LogP contribution in [-0.4, -0.2) is 24.7 Å². The summed E-state index contributed by atoms with van der Waals surface area (Å²) in [5.41, 5.74) is 8.94. The smallest absolute Gasteiger partial charge is 0.265 e. The zero-order valence-corrected chi connectivity index (χ0v) is 12.9. The summed E-state index contributed by atoms with van der Waals surface area (Å²) in [6.07, 6.45) is 1.76. The Morgan fingerprint density at radius 3 is 2.71 bits per heavy atom. The predicted molar refractivity (Wildman–Crippen MR) is 90.5 cm³/mol. The van der Waals surface area contributed by atoms with E-state index in [2.05, 4.69) is 20.2 Å². The van der Waals surface area contributed by atoms with Gasteiger partial charge in [0, 0.05) is 18.7 Å². The fourth-order valence-electron chi connectivity index (χ4n) is 2.47. The Morgan fingerprint density at radius 1 is 1.04 bits per heavy atom. The summed E-state index contributed by atoms with van der Waals surface area (Å²) in [7, 11) is 1.94. The quantitative estimate of drug-likeness (QED) is 0.624. The summed E-state index contributed by atoms with van der Waals surface area (Å²) in [5, 5.41) is 7.85. The van der Waals surface area contributed by atoms with Crippen LogP contribution in [0, 0.1) is 0 Å². The van der Waals surface area contributed by atoms with Crippen LogP contribution in [0.5, 0.6) is 11.6 Å². The Balaban J connectivity index is 1.76. The molecule has 0 saturated carbocycles. The largest absolute Gasteiger partial charge is 0.436 e. The van der Waals surface area contributed by atoms with Gasteiger partial charge in [0.2, 0.25) is 5.95 Å². The van der Waals surface area contributed by atoms with Crippen LogP contribution in [-0.2, 0) is 7.05 Å². The molecule has 0 saturated heterocycles. The van der Waals surface area contributed by atoms with E-state index in [0.717, 1.165) is 16.6 Å². The van der Waals surface area contributed by atoms with Crippen molar-refractivity contribution in [1.29, 1.82) is 0 Å². The first-order valence-corrected chi connectivity index (χ1v) is 7.35. The highest BCUT2D eigenvalue weighted by molar-refractivity contribution is 5.77. The van der Waals surface area contributed by atoms with Crippen molar-refractivity contribution in [2.45, 2.75) is 0 Å². The number of ether oxygens (including phenoxy) is 1. The highest BCUT2D eigenvalue weighted by atomic mass is 16.5. The van der Waals surface area contributed by atoms with Gasteiger partial charge in [-0.15, -0.1) is 10.2 Å². The molecule has 2 aromatic heterocycles. The van der Waals surface area contributed by atoms with E-state index in [4.69, 9.17) is 10.5 Å². The Kier molecular flexibility index (Phi) is 3.31. The molecule has 24 heavy (non-hydrogen) atoms. The first kappa shape index (κ1) is 14.1. The van der Waals surface area contributed by atoms with E-state index in [1.807, 2.05) is 60.1 Å². The highest BCUT2D eigenvalue weighted by Crippen LogP contribution is 2.30. The number of nitrogen functional groups attached to an aromatic ring is 1. The third kappa shape index (κ3) is 2.52. The molecule has 118 valence electrons. The maximum absolute atomic E-state index is 5.90. The highest BCUT2D eigenvalue weighted by Gasteiger charge is 2.13. The Labute approximate surface area is 137 Å². The van der Waals surface area contributed by atoms with Gasteiger partial charge in [0.25, 0.3) is 5.88 Å². The Bertz CT molecular complexity index is 1010. The summed E-state index contributed by atoms with van der Waals surface area (Å²) in [4.78, 5) is 8.59. The van der Waals surface area contributed by atoms with Crippen molar-refractivity contribution in [3.8, 4) is 22.9 Å². The van der Waals surface area contributed by atoms with Gasteiger partial charge in [0.05, 0.1) is 17.4 Å². The van der Waals surface area contributed by atoms with E-state index in [-0.39, 0.29) is 5.95 Å². The summed E-state index contributed by atoms with van der Waals surface area (Å²) >= 11 is 0. The first-order valence-electron chi connectivity index (χ1n) is 7.35. The molecule has 4 aromatic rings. The second kappa shape index (κ2) is 5.62. The molecule has 0 spiro atoms. The number of anilines is 1. The number of fused-ring (bicyclic) bond motifs is 1. The van der Waals surface area contributed by atoms with Gasteiger partial charge in [-0.05, 0) is 12.1 Å². The number of nitrogens with two attached hydrogens (primary N) is 1. The van der Waals surface area contributed by atoms with Crippen LogP contribution in [0.2, 0.25) is 0 Å². The van der Waals surface area contributed by atoms with Gasteiger partial charge in [-0.25, -0.2) is 9.97 Å². The molecule has 2 heterocycles. The number of rotatable bonds is 3. The lowest BCUT2D eigenvalue weighted by Crippen LogP contribution is -2.02. The number of benzene rings is 2. The average Bonchev–Trinajstić information content (AvgIpc) is 2.98. The molecule has 0 unspecified atom stereocenters. The third-order valence-electron chi connectivity index (χ3n) is 3.63. The molecule has 7 nitrogen and oxygen atoms in total. The minimum Gasteiger partial charge on any atom is -0.436 e. The van der Waals surface area contributed by atoms with E-state index < -0.39 is 0 Å². The lowest BCUT2D eigenvalue weighted by Gasteiger charge is -2.09. The molecule has 4 rings (SSSR count). The van der Waals surface area contributed by atoms with Crippen LogP contribution in [0.3, 0.4) is 0 Å². The number of nitrogens with zero attached hydrogens (tertiary/aromatic N) is 5. The van der Waals surface area contributed by atoms with Crippen LogP contribution in [0.25, 0.3) is 22.3 Å². The molecule has 7 heteroatoms. The zero-order chi connectivity index (χ0) is 16.5. The van der Waals surface area contributed by atoms with Crippen LogP contribution in [0.4, 0.5) is 5.95 Å². The fraction of sp³-hybridized carbons (Fsp3) is 0.0588. The van der Waals surface area contributed by atoms with Gasteiger partial charge in [-0.2, -0.15) is 0 Å². The van der Waals surface area contributed by atoms with Gasteiger partial charge in [0.1, 0.15) is 11.4 Å². The SMILES string of the molecule is Cn1cnc2cc(Oc3nnc(N)nc3-c3ccccc3)ccc21. The Hall–Kier alpha value is -3.48. The predicted octanol–water partition coefficient (Wildman–Crippen LogP) is 2.80. The van der Waals surface area contributed by atoms with Crippen LogP contribution < -0.4 is 10.5 Å².